The minimum absolute atomic E-state index is 0.126. The largest absolute Gasteiger partial charge is 0.290 e. The zero-order chi connectivity index (χ0) is 19.5. The van der Waals surface area contributed by atoms with Crippen LogP contribution in [0.15, 0.2) is 36.4 Å². The third-order valence-corrected chi connectivity index (χ3v) is 4.84. The molecule has 0 atom stereocenters. The maximum absolute atomic E-state index is 5.75. The number of hydrogen-bond donors (Lipinski definition) is 0. The lowest BCUT2D eigenvalue weighted by molar-refractivity contribution is -0.101. The third kappa shape index (κ3) is 4.81. The number of benzene rings is 2. The Morgan fingerprint density at radius 3 is 1.23 bits per heavy atom. The van der Waals surface area contributed by atoms with Gasteiger partial charge in [-0.25, -0.2) is 0 Å². The number of hydrogen-bond acceptors (Lipinski definition) is 2. The highest BCUT2D eigenvalue weighted by Crippen LogP contribution is 2.31. The van der Waals surface area contributed by atoms with Gasteiger partial charge in [-0.15, -0.1) is 0 Å². The van der Waals surface area contributed by atoms with Crippen molar-refractivity contribution in [1.82, 2.24) is 0 Å². The molecule has 0 fully saturated rings. The summed E-state index contributed by atoms with van der Waals surface area (Å²) in [6.45, 7) is 17.6. The van der Waals surface area contributed by atoms with E-state index in [9.17, 15) is 0 Å². The smallest absolute Gasteiger partial charge is 0.181 e. The first-order chi connectivity index (χ1) is 12.1. The molecule has 0 N–H and O–H groups in total. The molecule has 142 valence electrons. The molecule has 0 heterocycles. The van der Waals surface area contributed by atoms with E-state index in [0.29, 0.717) is 0 Å². The van der Waals surface area contributed by atoms with Crippen molar-refractivity contribution in [2.75, 3.05) is 0 Å². The van der Waals surface area contributed by atoms with Crippen LogP contribution in [-0.4, -0.2) is 0 Å². The SMILES string of the molecule is CCc1cc(C(C)(C)C)ccc1OOc1ccc(C(C)(C)C)cc1CC. The fourth-order valence-corrected chi connectivity index (χ4v) is 2.90. The van der Waals surface area contributed by atoms with E-state index in [0.717, 1.165) is 24.3 Å². The first-order valence-corrected chi connectivity index (χ1v) is 9.67. The zero-order valence-electron chi connectivity index (χ0n) is 17.7. The van der Waals surface area contributed by atoms with E-state index in [2.05, 4.69) is 79.7 Å². The van der Waals surface area contributed by atoms with E-state index in [1.807, 2.05) is 12.1 Å². The van der Waals surface area contributed by atoms with Crippen molar-refractivity contribution in [3.05, 3.63) is 58.7 Å². The summed E-state index contributed by atoms with van der Waals surface area (Å²) in [7, 11) is 0. The second kappa shape index (κ2) is 7.73. The highest BCUT2D eigenvalue weighted by Gasteiger charge is 2.18. The molecule has 0 aromatic heterocycles. The molecule has 2 heteroatoms. The van der Waals surface area contributed by atoms with Crippen LogP contribution in [-0.2, 0) is 23.7 Å². The van der Waals surface area contributed by atoms with Gasteiger partial charge in [-0.05, 0) is 58.1 Å². The lowest BCUT2D eigenvalue weighted by Crippen LogP contribution is -2.13. The summed E-state index contributed by atoms with van der Waals surface area (Å²) in [5, 5.41) is 0. The fraction of sp³-hybridized carbons (Fsp3) is 0.500. The maximum atomic E-state index is 5.75. The van der Waals surface area contributed by atoms with Gasteiger partial charge in [0.05, 0.1) is 0 Å². The van der Waals surface area contributed by atoms with E-state index in [4.69, 9.17) is 9.78 Å². The lowest BCUT2D eigenvalue weighted by Gasteiger charge is -2.22. The van der Waals surface area contributed by atoms with Crippen molar-refractivity contribution in [3.63, 3.8) is 0 Å². The van der Waals surface area contributed by atoms with Gasteiger partial charge in [0, 0.05) is 0 Å². The fourth-order valence-electron chi connectivity index (χ4n) is 2.90. The molecular weight excluding hydrogens is 320 g/mol. The van der Waals surface area contributed by atoms with Crippen molar-refractivity contribution < 1.29 is 9.78 Å². The van der Waals surface area contributed by atoms with Gasteiger partial charge in [0.15, 0.2) is 11.5 Å². The highest BCUT2D eigenvalue weighted by atomic mass is 17.2. The Morgan fingerprint density at radius 2 is 0.962 bits per heavy atom. The summed E-state index contributed by atoms with van der Waals surface area (Å²) >= 11 is 0. The summed E-state index contributed by atoms with van der Waals surface area (Å²) in [6, 6.07) is 12.7. The molecule has 0 spiro atoms. The van der Waals surface area contributed by atoms with Gasteiger partial charge in [0.2, 0.25) is 0 Å². The molecule has 0 unspecified atom stereocenters. The van der Waals surface area contributed by atoms with Crippen LogP contribution in [0.3, 0.4) is 0 Å². The van der Waals surface area contributed by atoms with Crippen LogP contribution in [0.1, 0.15) is 77.6 Å². The zero-order valence-corrected chi connectivity index (χ0v) is 17.7. The number of rotatable bonds is 5. The average molecular weight is 355 g/mol. The molecule has 2 nitrogen and oxygen atoms in total. The van der Waals surface area contributed by atoms with Gasteiger partial charge < -0.3 is 0 Å². The first-order valence-electron chi connectivity index (χ1n) is 9.67. The van der Waals surface area contributed by atoms with Crippen LogP contribution >= 0.6 is 0 Å². The monoisotopic (exact) mass is 354 g/mol. The topological polar surface area (TPSA) is 18.5 Å². The summed E-state index contributed by atoms with van der Waals surface area (Å²) in [6.07, 6.45) is 1.82. The molecule has 0 amide bonds. The maximum Gasteiger partial charge on any atom is 0.181 e. The van der Waals surface area contributed by atoms with Crippen LogP contribution in [0.25, 0.3) is 0 Å². The Labute approximate surface area is 159 Å². The molecule has 0 aliphatic carbocycles. The summed E-state index contributed by atoms with van der Waals surface area (Å²) in [5.41, 5.74) is 5.21. The molecule has 0 aliphatic rings. The molecule has 2 rings (SSSR count). The minimum Gasteiger partial charge on any atom is -0.290 e. The Kier molecular flexibility index (Phi) is 6.05. The van der Waals surface area contributed by atoms with E-state index in [-0.39, 0.29) is 10.8 Å². The van der Waals surface area contributed by atoms with Crippen molar-refractivity contribution in [2.24, 2.45) is 0 Å². The molecule has 2 aromatic rings. The van der Waals surface area contributed by atoms with E-state index < -0.39 is 0 Å². The van der Waals surface area contributed by atoms with E-state index >= 15 is 0 Å². The van der Waals surface area contributed by atoms with Gasteiger partial charge in [0.25, 0.3) is 0 Å². The lowest BCUT2D eigenvalue weighted by atomic mass is 9.86. The Balaban J connectivity index is 2.23. The quantitative estimate of drug-likeness (QED) is 0.435. The molecule has 26 heavy (non-hydrogen) atoms. The van der Waals surface area contributed by atoms with Crippen LogP contribution in [0.5, 0.6) is 11.5 Å². The van der Waals surface area contributed by atoms with Crippen molar-refractivity contribution in [2.45, 2.75) is 79.1 Å². The standard InChI is InChI=1S/C24H34O2/c1-9-17-15-19(23(3,4)5)11-13-21(17)25-26-22-14-12-20(24(6,7)8)16-18(22)10-2/h11-16H,9-10H2,1-8H3. The highest BCUT2D eigenvalue weighted by molar-refractivity contribution is 5.41. The second-order valence-corrected chi connectivity index (χ2v) is 9.02. The Hall–Kier alpha value is -1.96. The van der Waals surface area contributed by atoms with Crippen LogP contribution < -0.4 is 9.78 Å². The molecular formula is C24H34O2. The molecule has 0 saturated carbocycles. The van der Waals surface area contributed by atoms with Crippen LogP contribution in [0.2, 0.25) is 0 Å². The van der Waals surface area contributed by atoms with Crippen LogP contribution in [0, 0.1) is 0 Å². The predicted octanol–water partition coefficient (Wildman–Crippen LogP) is 6.78. The molecule has 0 aliphatic heterocycles. The molecule has 0 radical (unpaired) electrons. The van der Waals surface area contributed by atoms with Gasteiger partial charge in [-0.2, -0.15) is 0 Å². The van der Waals surface area contributed by atoms with Crippen molar-refractivity contribution in [1.29, 1.82) is 0 Å². The molecule has 0 saturated heterocycles. The van der Waals surface area contributed by atoms with Gasteiger partial charge >= 0.3 is 0 Å². The average Bonchev–Trinajstić information content (AvgIpc) is 2.57. The Morgan fingerprint density at radius 1 is 0.615 bits per heavy atom. The number of aryl methyl sites for hydroxylation is 2. The summed E-state index contributed by atoms with van der Waals surface area (Å²) in [4.78, 5) is 11.5. The minimum atomic E-state index is 0.126. The second-order valence-electron chi connectivity index (χ2n) is 9.02. The van der Waals surface area contributed by atoms with Gasteiger partial charge in [-0.1, -0.05) is 79.7 Å². The Bertz CT molecular complexity index is 680. The van der Waals surface area contributed by atoms with Gasteiger partial charge in [-0.3, -0.25) is 9.78 Å². The first kappa shape index (κ1) is 20.4. The third-order valence-electron chi connectivity index (χ3n) is 4.84. The summed E-state index contributed by atoms with van der Waals surface area (Å²) < 4.78 is 0. The summed E-state index contributed by atoms with van der Waals surface area (Å²) in [5.74, 6) is 1.59. The van der Waals surface area contributed by atoms with Crippen LogP contribution in [0.4, 0.5) is 0 Å². The van der Waals surface area contributed by atoms with Crippen molar-refractivity contribution >= 4 is 0 Å². The van der Waals surface area contributed by atoms with Gasteiger partial charge in [0.1, 0.15) is 0 Å². The van der Waals surface area contributed by atoms with Crippen molar-refractivity contribution in [3.8, 4) is 11.5 Å². The molecule has 2 aromatic carbocycles. The predicted molar refractivity (Wildman–Crippen MR) is 110 cm³/mol. The molecule has 0 bridgehead atoms. The van der Waals surface area contributed by atoms with E-state index in [1.54, 1.807) is 0 Å². The normalized spacial score (nSPS) is 12.2. The van der Waals surface area contributed by atoms with E-state index in [1.165, 1.54) is 22.3 Å².